The summed E-state index contributed by atoms with van der Waals surface area (Å²) in [6.07, 6.45) is 7.80. The third-order valence-electron chi connectivity index (χ3n) is 9.83. The number of aromatic nitrogens is 2. The Morgan fingerprint density at radius 2 is 1.00 bits per heavy atom. The fourth-order valence-corrected chi connectivity index (χ4v) is 6.61. The first-order valence-electron chi connectivity index (χ1n) is 16.2. The second kappa shape index (κ2) is 15.0. The Balaban J connectivity index is 1.37. The van der Waals surface area contributed by atoms with Crippen LogP contribution in [-0.2, 0) is 12.8 Å². The molecule has 41 heavy (non-hydrogen) atoms. The molecular formula is C36H55N5. The van der Waals surface area contributed by atoms with Gasteiger partial charge in [-0.3, -0.25) is 14.7 Å². The summed E-state index contributed by atoms with van der Waals surface area (Å²) in [5.41, 5.74) is 5.34. The molecule has 2 heterocycles. The number of nitrogens with one attached hydrogen (secondary N) is 2. The number of hydrogen-bond acceptors (Lipinski definition) is 3. The maximum Gasteiger partial charge on any atom is 0.0456 e. The van der Waals surface area contributed by atoms with Gasteiger partial charge in [-0.05, 0) is 75.9 Å². The van der Waals surface area contributed by atoms with Crippen LogP contribution in [0.3, 0.4) is 0 Å². The van der Waals surface area contributed by atoms with Crippen molar-refractivity contribution in [3.05, 3.63) is 72.1 Å². The lowest BCUT2D eigenvalue weighted by Crippen LogP contribution is -2.48. The molecule has 2 N–H and O–H groups in total. The predicted octanol–water partition coefficient (Wildman–Crippen LogP) is 7.59. The number of hydrogen-bond donors (Lipinski definition) is 2. The number of fused-ring (bicyclic) bond motifs is 2. The number of nitrogens with zero attached hydrogens (tertiary/aromatic N) is 3. The first kappa shape index (κ1) is 31.3. The molecule has 2 aromatic heterocycles. The van der Waals surface area contributed by atoms with Crippen molar-refractivity contribution in [2.45, 2.75) is 85.9 Å². The number of aromatic amines is 2. The zero-order valence-electron chi connectivity index (χ0n) is 26.8. The standard InChI is InChI=1S/C36H55N5/c1-8-27(4)30(7)41(21-19-39(9-2)28(5)23-31-25-37-35-17-13-11-15-33(31)35)22-20-40(10-3)29(6)24-32-26-38-36-18-14-12-16-34(32)36/h11-18,25-30,37-38H,8-10,19-24H2,1-7H3. The smallest absolute Gasteiger partial charge is 0.0456 e. The van der Waals surface area contributed by atoms with Crippen LogP contribution in [0.2, 0.25) is 0 Å². The van der Waals surface area contributed by atoms with Gasteiger partial charge in [0.2, 0.25) is 0 Å². The number of para-hydroxylation sites is 2. The van der Waals surface area contributed by atoms with Gasteiger partial charge in [-0.25, -0.2) is 0 Å². The highest BCUT2D eigenvalue weighted by Gasteiger charge is 2.23. The van der Waals surface area contributed by atoms with E-state index in [1.807, 2.05) is 0 Å². The van der Waals surface area contributed by atoms with Crippen molar-refractivity contribution < 1.29 is 0 Å². The van der Waals surface area contributed by atoms with Crippen LogP contribution in [-0.4, -0.2) is 82.1 Å². The number of benzene rings is 2. The molecule has 4 unspecified atom stereocenters. The quantitative estimate of drug-likeness (QED) is 0.141. The van der Waals surface area contributed by atoms with E-state index in [9.17, 15) is 0 Å². The van der Waals surface area contributed by atoms with Gasteiger partial charge in [0.15, 0.2) is 0 Å². The third kappa shape index (κ3) is 7.82. The van der Waals surface area contributed by atoms with Gasteiger partial charge in [0.1, 0.15) is 0 Å². The Bertz CT molecular complexity index is 1230. The lowest BCUT2D eigenvalue weighted by molar-refractivity contribution is 0.100. The van der Waals surface area contributed by atoms with Gasteiger partial charge in [0.25, 0.3) is 0 Å². The molecule has 0 saturated heterocycles. The van der Waals surface area contributed by atoms with E-state index in [0.717, 1.165) is 52.1 Å². The van der Waals surface area contributed by atoms with Crippen molar-refractivity contribution in [3.63, 3.8) is 0 Å². The molecule has 0 saturated carbocycles. The number of likely N-dealkylation sites (N-methyl/N-ethyl adjacent to an activating group) is 2. The first-order valence-corrected chi connectivity index (χ1v) is 16.2. The lowest BCUT2D eigenvalue weighted by atomic mass is 9.99. The average Bonchev–Trinajstić information content (AvgIpc) is 3.60. The molecule has 0 aliphatic carbocycles. The molecule has 4 atom stereocenters. The molecule has 5 nitrogen and oxygen atoms in total. The van der Waals surface area contributed by atoms with E-state index < -0.39 is 0 Å². The monoisotopic (exact) mass is 557 g/mol. The SMILES string of the molecule is CCC(C)C(C)N(CCN(CC)C(C)Cc1c[nH]c2ccccc12)CCN(CC)C(C)Cc1c[nH]c2ccccc12. The largest absolute Gasteiger partial charge is 0.361 e. The minimum Gasteiger partial charge on any atom is -0.361 e. The van der Waals surface area contributed by atoms with Crippen LogP contribution < -0.4 is 0 Å². The van der Waals surface area contributed by atoms with E-state index >= 15 is 0 Å². The van der Waals surface area contributed by atoms with Crippen LogP contribution in [0.5, 0.6) is 0 Å². The molecule has 224 valence electrons. The fourth-order valence-electron chi connectivity index (χ4n) is 6.61. The maximum absolute atomic E-state index is 3.47. The molecule has 2 aromatic carbocycles. The molecule has 0 fully saturated rings. The summed E-state index contributed by atoms with van der Waals surface area (Å²) < 4.78 is 0. The molecule has 5 heteroatoms. The van der Waals surface area contributed by atoms with E-state index in [1.165, 1.54) is 39.4 Å². The molecule has 0 radical (unpaired) electrons. The molecule has 0 aliphatic rings. The van der Waals surface area contributed by atoms with Gasteiger partial charge in [0, 0.05) is 78.5 Å². The van der Waals surface area contributed by atoms with Crippen LogP contribution in [0.25, 0.3) is 21.8 Å². The van der Waals surface area contributed by atoms with Crippen LogP contribution in [0.1, 0.15) is 66.0 Å². The summed E-state index contributed by atoms with van der Waals surface area (Å²) >= 11 is 0. The van der Waals surface area contributed by atoms with Gasteiger partial charge >= 0.3 is 0 Å². The lowest BCUT2D eigenvalue weighted by Gasteiger charge is -2.38. The molecule has 4 rings (SSSR count). The summed E-state index contributed by atoms with van der Waals surface area (Å²) in [7, 11) is 0. The second-order valence-electron chi connectivity index (χ2n) is 12.2. The van der Waals surface area contributed by atoms with Gasteiger partial charge in [0.05, 0.1) is 0 Å². The topological polar surface area (TPSA) is 41.3 Å². The zero-order chi connectivity index (χ0) is 29.4. The van der Waals surface area contributed by atoms with Crippen LogP contribution in [0.4, 0.5) is 0 Å². The summed E-state index contributed by atoms with van der Waals surface area (Å²) in [6.45, 7) is 23.3. The van der Waals surface area contributed by atoms with Crippen molar-refractivity contribution in [3.8, 4) is 0 Å². The Kier molecular flexibility index (Phi) is 11.5. The van der Waals surface area contributed by atoms with Gasteiger partial charge in [-0.2, -0.15) is 0 Å². The molecular weight excluding hydrogens is 502 g/mol. The van der Waals surface area contributed by atoms with Crippen LogP contribution >= 0.6 is 0 Å². The number of rotatable bonds is 17. The van der Waals surface area contributed by atoms with Gasteiger partial charge in [-0.1, -0.05) is 70.5 Å². The molecule has 0 aliphatic heterocycles. The average molecular weight is 558 g/mol. The van der Waals surface area contributed by atoms with Gasteiger partial charge < -0.3 is 9.97 Å². The Hall–Kier alpha value is -2.60. The highest BCUT2D eigenvalue weighted by atomic mass is 15.2. The highest BCUT2D eigenvalue weighted by Crippen LogP contribution is 2.22. The van der Waals surface area contributed by atoms with Crippen molar-refractivity contribution in [2.75, 3.05) is 39.3 Å². The third-order valence-corrected chi connectivity index (χ3v) is 9.83. The number of H-pyrrole nitrogens is 2. The molecule has 0 bridgehead atoms. The van der Waals surface area contributed by atoms with Crippen molar-refractivity contribution in [1.82, 2.24) is 24.7 Å². The second-order valence-corrected chi connectivity index (χ2v) is 12.2. The maximum atomic E-state index is 3.47. The van der Waals surface area contributed by atoms with Crippen molar-refractivity contribution in [2.24, 2.45) is 5.92 Å². The minimum absolute atomic E-state index is 0.503. The summed E-state index contributed by atoms with van der Waals surface area (Å²) in [6, 6.07) is 19.0. The van der Waals surface area contributed by atoms with E-state index in [0.29, 0.717) is 24.0 Å². The predicted molar refractivity (Wildman–Crippen MR) is 178 cm³/mol. The van der Waals surface area contributed by atoms with Crippen LogP contribution in [0.15, 0.2) is 60.9 Å². The highest BCUT2D eigenvalue weighted by molar-refractivity contribution is 5.83. The van der Waals surface area contributed by atoms with E-state index in [2.05, 4.69) is 134 Å². The first-order chi connectivity index (χ1) is 19.9. The molecule has 0 amide bonds. The minimum atomic E-state index is 0.503. The van der Waals surface area contributed by atoms with Gasteiger partial charge in [-0.15, -0.1) is 0 Å². The van der Waals surface area contributed by atoms with Crippen LogP contribution in [0, 0.1) is 5.92 Å². The fraction of sp³-hybridized carbons (Fsp3) is 0.556. The Morgan fingerprint density at radius 1 is 0.585 bits per heavy atom. The van der Waals surface area contributed by atoms with E-state index in [4.69, 9.17) is 0 Å². The normalized spacial score (nSPS) is 15.4. The molecule has 4 aromatic rings. The zero-order valence-corrected chi connectivity index (χ0v) is 26.8. The summed E-state index contributed by atoms with van der Waals surface area (Å²) in [5, 5.41) is 2.73. The summed E-state index contributed by atoms with van der Waals surface area (Å²) in [5.74, 6) is 0.687. The van der Waals surface area contributed by atoms with E-state index in [-0.39, 0.29) is 0 Å². The van der Waals surface area contributed by atoms with Crippen molar-refractivity contribution >= 4 is 21.8 Å². The molecule has 0 spiro atoms. The Morgan fingerprint density at radius 3 is 1.41 bits per heavy atom. The summed E-state index contributed by atoms with van der Waals surface area (Å²) in [4.78, 5) is 15.1. The van der Waals surface area contributed by atoms with Crippen molar-refractivity contribution in [1.29, 1.82) is 0 Å². The van der Waals surface area contributed by atoms with E-state index in [1.54, 1.807) is 0 Å². The Labute approximate surface area is 249 Å².